The summed E-state index contributed by atoms with van der Waals surface area (Å²) in [6, 6.07) is 0. The van der Waals surface area contributed by atoms with E-state index in [1.54, 1.807) is 0 Å². The van der Waals surface area contributed by atoms with Crippen molar-refractivity contribution in [2.24, 2.45) is 0 Å². The quantitative estimate of drug-likeness (QED) is 0.316. The zero-order chi connectivity index (χ0) is 0. The molecular weight excluding hydrogens is 628 g/mol. The fourth-order valence-corrected chi connectivity index (χ4v) is 0. The van der Waals surface area contributed by atoms with E-state index in [1.807, 2.05) is 0 Å². The molecule has 0 amide bonds. The molecule has 0 unspecified atom stereocenters. The van der Waals surface area contributed by atoms with Crippen LogP contribution in [0.4, 0.5) is 0 Å². The van der Waals surface area contributed by atoms with Gasteiger partial charge < -0.3 is 27.4 Å². The van der Waals surface area contributed by atoms with Crippen LogP contribution in [0, 0.1) is 0 Å². The summed E-state index contributed by atoms with van der Waals surface area (Å²) in [5.41, 5.74) is 0. The molecule has 0 aromatic heterocycles. The molecule has 0 saturated carbocycles. The van der Waals surface area contributed by atoms with Gasteiger partial charge in [0.2, 0.25) is 0 Å². The van der Waals surface area contributed by atoms with Gasteiger partial charge in [0, 0.05) is 44.8 Å². The Labute approximate surface area is 115 Å². The summed E-state index contributed by atoms with van der Waals surface area (Å²) in [6.45, 7) is 0. The summed E-state index contributed by atoms with van der Waals surface area (Å²) >= 11 is 0. The summed E-state index contributed by atoms with van der Waals surface area (Å²) < 4.78 is 0. The molecule has 0 atom stereocenters. The third-order valence-corrected chi connectivity index (χ3v) is 0. The molecule has 0 N–H and O–H groups in total. The number of hydrogen-bond donors (Lipinski definition) is 0. The third kappa shape index (κ3) is 108. The van der Waals surface area contributed by atoms with Gasteiger partial charge in [-0.3, -0.25) is 0 Å². The molecule has 0 spiro atoms. The monoisotopic (exact) mass is 628 g/mol. The molecule has 0 heterocycles. The molecule has 2 radical (unpaired) electrons. The van der Waals surface area contributed by atoms with Gasteiger partial charge >= 0.3 is 44.8 Å². The fourth-order valence-electron chi connectivity index (χ4n) is 0. The van der Waals surface area contributed by atoms with Crippen LogP contribution in [0.3, 0.4) is 0 Å². The van der Waals surface area contributed by atoms with Crippen LogP contribution >= 0.6 is 0 Å². The van der Waals surface area contributed by atoms with Crippen molar-refractivity contribution in [3.05, 3.63) is 0 Å². The zero-order valence-electron chi connectivity index (χ0n) is 3.83. The van der Waals surface area contributed by atoms with Crippen molar-refractivity contribution in [1.29, 1.82) is 0 Å². The van der Waals surface area contributed by atoms with Crippen LogP contribution in [0.25, 0.3) is 0 Å². The second-order valence-corrected chi connectivity index (χ2v) is 0. The topological polar surface area (TPSA) is 142 Å². The van der Waals surface area contributed by atoms with Crippen LogP contribution in [0.15, 0.2) is 0 Å². The Hall–Kier alpha value is 2.76. The van der Waals surface area contributed by atoms with Crippen molar-refractivity contribution < 1.29 is 117 Å². The van der Waals surface area contributed by atoms with E-state index in [1.165, 1.54) is 0 Å². The molecule has 9 heavy (non-hydrogen) atoms. The van der Waals surface area contributed by atoms with Crippen molar-refractivity contribution >= 4 is 0 Å². The first kappa shape index (κ1) is 179. The molecule has 0 aromatic rings. The summed E-state index contributed by atoms with van der Waals surface area (Å²) in [5.74, 6) is 0. The molecular formula is Nb2O5Ta2. The molecule has 0 saturated heterocycles. The Morgan fingerprint density at radius 3 is 0.333 bits per heavy atom. The first-order chi connectivity index (χ1) is 0. The largest absolute Gasteiger partial charge is 5.00 e. The minimum Gasteiger partial charge on any atom is -2.00 e. The fraction of sp³-hybridized carbons (Fsp3) is 0. The number of rotatable bonds is 0. The molecule has 0 aliphatic rings. The van der Waals surface area contributed by atoms with Gasteiger partial charge in [-0.05, 0) is 0 Å². The van der Waals surface area contributed by atoms with Crippen LogP contribution < -0.4 is 0 Å². The van der Waals surface area contributed by atoms with Gasteiger partial charge in [0.1, 0.15) is 0 Å². The molecule has 0 fully saturated rings. The van der Waals surface area contributed by atoms with Gasteiger partial charge in [0.15, 0.2) is 0 Å². The smallest absolute Gasteiger partial charge is 2.00 e. The maximum atomic E-state index is 0. The first-order valence-corrected chi connectivity index (χ1v) is 0. The minimum atomic E-state index is 0. The minimum absolute atomic E-state index is 0. The standard InChI is InChI=1S/2Nb.5O.2Ta/q2*+5;5*-2;;. The average Bonchev–Trinajstić information content (AvgIpc) is 0. The van der Waals surface area contributed by atoms with Gasteiger partial charge in [-0.2, -0.15) is 0 Å². The Morgan fingerprint density at radius 2 is 0.333 bits per heavy atom. The SMILES string of the molecule is [Nb+5].[Nb+5].[O-2].[O-2].[O-2].[O-2].[O-2].[Ta].[Ta]. The number of hydrogen-bond acceptors (Lipinski definition) is 0. The van der Waals surface area contributed by atoms with E-state index in [-0.39, 0.29) is 117 Å². The van der Waals surface area contributed by atoms with Crippen molar-refractivity contribution in [3.63, 3.8) is 0 Å². The van der Waals surface area contributed by atoms with E-state index in [9.17, 15) is 0 Å². The average molecular weight is 628 g/mol. The predicted molar refractivity (Wildman–Crippen MR) is 3.43 cm³/mol. The van der Waals surface area contributed by atoms with Gasteiger partial charge in [-0.25, -0.2) is 0 Å². The van der Waals surface area contributed by atoms with Crippen molar-refractivity contribution in [2.45, 2.75) is 0 Å². The van der Waals surface area contributed by atoms with E-state index >= 15 is 0 Å². The van der Waals surface area contributed by atoms with Crippen LogP contribution in [-0.2, 0) is 117 Å². The maximum Gasteiger partial charge on any atom is 5.00 e. The molecule has 9 heteroatoms. The Bertz CT molecular complexity index is 12.9. The zero-order valence-corrected chi connectivity index (χ0v) is 14.7. The van der Waals surface area contributed by atoms with E-state index < -0.39 is 0 Å². The predicted octanol–water partition coefficient (Wildman–Crippen LogP) is -0.604. The summed E-state index contributed by atoms with van der Waals surface area (Å²) in [5, 5.41) is 0. The maximum absolute atomic E-state index is 0. The summed E-state index contributed by atoms with van der Waals surface area (Å²) in [4.78, 5) is 0. The van der Waals surface area contributed by atoms with Crippen LogP contribution in [-0.4, -0.2) is 0 Å². The normalized spacial score (nSPS) is 0. The van der Waals surface area contributed by atoms with Gasteiger partial charge in [0.25, 0.3) is 0 Å². The van der Waals surface area contributed by atoms with E-state index in [0.29, 0.717) is 0 Å². The second-order valence-electron chi connectivity index (χ2n) is 0. The van der Waals surface area contributed by atoms with Gasteiger partial charge in [-0.15, -0.1) is 0 Å². The second kappa shape index (κ2) is 134. The Kier molecular flexibility index (Phi) is 2670. The molecule has 50 valence electrons. The van der Waals surface area contributed by atoms with Gasteiger partial charge in [-0.1, -0.05) is 0 Å². The van der Waals surface area contributed by atoms with Crippen molar-refractivity contribution in [1.82, 2.24) is 0 Å². The van der Waals surface area contributed by atoms with Gasteiger partial charge in [0.05, 0.1) is 0 Å². The van der Waals surface area contributed by atoms with Crippen molar-refractivity contribution in [3.8, 4) is 0 Å². The molecule has 0 aliphatic heterocycles. The molecule has 0 bridgehead atoms. The Morgan fingerprint density at radius 1 is 0.333 bits per heavy atom. The van der Waals surface area contributed by atoms with Crippen LogP contribution in [0.2, 0.25) is 0 Å². The molecule has 0 aliphatic carbocycles. The van der Waals surface area contributed by atoms with E-state index in [4.69, 9.17) is 0 Å². The summed E-state index contributed by atoms with van der Waals surface area (Å²) in [7, 11) is 0. The van der Waals surface area contributed by atoms with Crippen molar-refractivity contribution in [2.75, 3.05) is 0 Å². The summed E-state index contributed by atoms with van der Waals surface area (Å²) in [6.07, 6.45) is 0. The van der Waals surface area contributed by atoms with Crippen LogP contribution in [0.5, 0.6) is 0 Å². The van der Waals surface area contributed by atoms with Crippen LogP contribution in [0.1, 0.15) is 0 Å². The Balaban J connectivity index is 0. The third-order valence-electron chi connectivity index (χ3n) is 0. The molecule has 0 rings (SSSR count). The molecule has 5 nitrogen and oxygen atoms in total. The first-order valence-electron chi connectivity index (χ1n) is 0. The van der Waals surface area contributed by atoms with E-state index in [0.717, 1.165) is 0 Å². The molecule has 0 aromatic carbocycles. The van der Waals surface area contributed by atoms with E-state index in [2.05, 4.69) is 0 Å².